The monoisotopic (exact) mass is 319 g/mol. The molecule has 0 unspecified atom stereocenters. The highest BCUT2D eigenvalue weighted by Crippen LogP contribution is 2.13. The van der Waals surface area contributed by atoms with Crippen molar-refractivity contribution in [3.8, 4) is 0 Å². The van der Waals surface area contributed by atoms with Crippen LogP contribution in [0.2, 0.25) is 0 Å². The van der Waals surface area contributed by atoms with Crippen LogP contribution in [0.5, 0.6) is 0 Å². The van der Waals surface area contributed by atoms with Gasteiger partial charge in [0.05, 0.1) is 0 Å². The molecule has 0 amide bonds. The fraction of sp³-hybridized carbons (Fsp3) is 0.714. The molecule has 23 heavy (non-hydrogen) atoms. The highest BCUT2D eigenvalue weighted by molar-refractivity contribution is 5.49. The van der Waals surface area contributed by atoms with E-state index in [1.54, 1.807) is 0 Å². The van der Waals surface area contributed by atoms with Gasteiger partial charge < -0.3 is 10.1 Å². The van der Waals surface area contributed by atoms with E-state index in [1.165, 1.54) is 75.5 Å². The number of anilines is 1. The van der Waals surface area contributed by atoms with E-state index in [9.17, 15) is 0 Å². The second kappa shape index (κ2) is 14.6. The molecule has 0 spiro atoms. The van der Waals surface area contributed by atoms with Gasteiger partial charge in [0.1, 0.15) is 0 Å². The lowest BCUT2D eigenvalue weighted by molar-refractivity contribution is 0.126. The number of ether oxygens (including phenoxy) is 1. The molecule has 0 aliphatic rings. The third-order valence-corrected chi connectivity index (χ3v) is 4.32. The number of hydrogen-bond donors (Lipinski definition) is 1. The van der Waals surface area contributed by atoms with Gasteiger partial charge in [-0.25, -0.2) is 0 Å². The molecule has 1 N–H and O–H groups in total. The minimum absolute atomic E-state index is 0.959. The molecule has 0 saturated carbocycles. The van der Waals surface area contributed by atoms with Crippen molar-refractivity contribution in [1.29, 1.82) is 0 Å². The smallest absolute Gasteiger partial charge is 0.0466 e. The van der Waals surface area contributed by atoms with E-state index in [1.807, 2.05) is 0 Å². The summed E-state index contributed by atoms with van der Waals surface area (Å²) in [5.41, 5.74) is 2.62. The number of rotatable bonds is 15. The topological polar surface area (TPSA) is 21.3 Å². The molecule has 2 heteroatoms. The second-order valence-electron chi connectivity index (χ2n) is 6.54. The Morgan fingerprint density at radius 1 is 0.783 bits per heavy atom. The summed E-state index contributed by atoms with van der Waals surface area (Å²) in [6.07, 6.45) is 13.1. The molecule has 0 saturated heterocycles. The van der Waals surface area contributed by atoms with Gasteiger partial charge in [0, 0.05) is 25.4 Å². The van der Waals surface area contributed by atoms with E-state index in [2.05, 4.69) is 43.4 Å². The highest BCUT2D eigenvalue weighted by atomic mass is 16.5. The predicted molar refractivity (Wildman–Crippen MR) is 102 cm³/mol. The molecule has 0 aromatic heterocycles. The maximum absolute atomic E-state index is 5.68. The Hall–Kier alpha value is -1.02. The van der Waals surface area contributed by atoms with Crippen LogP contribution in [0.1, 0.15) is 76.7 Å². The molecule has 1 rings (SSSR count). The van der Waals surface area contributed by atoms with Gasteiger partial charge in [-0.3, -0.25) is 0 Å². The summed E-state index contributed by atoms with van der Waals surface area (Å²) in [5.74, 6) is 0. The van der Waals surface area contributed by atoms with Gasteiger partial charge in [0.25, 0.3) is 0 Å². The van der Waals surface area contributed by atoms with Crippen molar-refractivity contribution in [3.05, 3.63) is 29.8 Å². The van der Waals surface area contributed by atoms with E-state index < -0.39 is 0 Å². The zero-order chi connectivity index (χ0) is 16.6. The Labute approximate surface area is 144 Å². The predicted octanol–water partition coefficient (Wildman–Crippen LogP) is 6.34. The van der Waals surface area contributed by atoms with Crippen LogP contribution in [0.4, 0.5) is 5.69 Å². The fourth-order valence-electron chi connectivity index (χ4n) is 2.76. The standard InChI is InChI=1S/C21H37NO/c1-3-4-5-13-18-23-19-14-9-7-6-8-12-17-22-21-16-11-10-15-20(21)2/h10-11,15-16,22H,3-9,12-14,17-19H2,1-2H3. The van der Waals surface area contributed by atoms with Gasteiger partial charge in [0.15, 0.2) is 0 Å². The lowest BCUT2D eigenvalue weighted by Crippen LogP contribution is -2.02. The van der Waals surface area contributed by atoms with Gasteiger partial charge >= 0.3 is 0 Å². The van der Waals surface area contributed by atoms with Gasteiger partial charge in [0.2, 0.25) is 0 Å². The number of nitrogens with one attached hydrogen (secondary N) is 1. The first-order valence-corrected chi connectivity index (χ1v) is 9.72. The summed E-state index contributed by atoms with van der Waals surface area (Å²) < 4.78 is 5.68. The van der Waals surface area contributed by atoms with Crippen molar-refractivity contribution in [1.82, 2.24) is 0 Å². The second-order valence-corrected chi connectivity index (χ2v) is 6.54. The van der Waals surface area contributed by atoms with Crippen molar-refractivity contribution in [3.63, 3.8) is 0 Å². The van der Waals surface area contributed by atoms with E-state index in [4.69, 9.17) is 4.74 Å². The van der Waals surface area contributed by atoms with Crippen LogP contribution in [-0.4, -0.2) is 19.8 Å². The maximum atomic E-state index is 5.68. The lowest BCUT2D eigenvalue weighted by atomic mass is 10.1. The highest BCUT2D eigenvalue weighted by Gasteiger charge is 1.96. The van der Waals surface area contributed by atoms with Crippen LogP contribution in [0.3, 0.4) is 0 Å². The first-order chi connectivity index (χ1) is 11.3. The molecule has 0 bridgehead atoms. The van der Waals surface area contributed by atoms with Crippen molar-refractivity contribution in [2.75, 3.05) is 25.1 Å². The number of benzene rings is 1. The molecule has 132 valence electrons. The third-order valence-electron chi connectivity index (χ3n) is 4.32. The van der Waals surface area contributed by atoms with Gasteiger partial charge in [-0.1, -0.05) is 70.1 Å². The Morgan fingerprint density at radius 3 is 2.09 bits per heavy atom. The average Bonchev–Trinajstić information content (AvgIpc) is 2.57. The first kappa shape index (κ1) is 20.0. The van der Waals surface area contributed by atoms with Gasteiger partial charge in [-0.05, 0) is 37.8 Å². The molecule has 1 aromatic rings. The van der Waals surface area contributed by atoms with Crippen molar-refractivity contribution in [2.24, 2.45) is 0 Å². The zero-order valence-electron chi connectivity index (χ0n) is 15.4. The molecule has 0 aliphatic heterocycles. The van der Waals surface area contributed by atoms with Gasteiger partial charge in [-0.2, -0.15) is 0 Å². The summed E-state index contributed by atoms with van der Waals surface area (Å²) in [4.78, 5) is 0. The number of para-hydroxylation sites is 1. The quantitative estimate of drug-likeness (QED) is 0.381. The molecular formula is C21H37NO. The van der Waals surface area contributed by atoms with E-state index in [0.29, 0.717) is 0 Å². The summed E-state index contributed by atoms with van der Waals surface area (Å²) in [6.45, 7) is 7.42. The Kier molecular flexibility index (Phi) is 12.7. The van der Waals surface area contributed by atoms with Crippen LogP contribution in [-0.2, 0) is 4.74 Å². The molecule has 1 aromatic carbocycles. The minimum Gasteiger partial charge on any atom is -0.385 e. The SMILES string of the molecule is CCCCCCOCCCCCCCCNc1ccccc1C. The Bertz CT molecular complexity index is 378. The van der Waals surface area contributed by atoms with Crippen molar-refractivity contribution < 1.29 is 4.74 Å². The molecule has 0 radical (unpaired) electrons. The summed E-state index contributed by atoms with van der Waals surface area (Å²) >= 11 is 0. The van der Waals surface area contributed by atoms with Crippen LogP contribution in [0, 0.1) is 6.92 Å². The summed E-state index contributed by atoms with van der Waals surface area (Å²) in [6, 6.07) is 8.52. The normalized spacial score (nSPS) is 10.9. The van der Waals surface area contributed by atoms with Crippen LogP contribution in [0.15, 0.2) is 24.3 Å². The minimum atomic E-state index is 0.959. The Morgan fingerprint density at radius 2 is 1.39 bits per heavy atom. The fourth-order valence-corrected chi connectivity index (χ4v) is 2.76. The number of aryl methyl sites for hydroxylation is 1. The largest absolute Gasteiger partial charge is 0.385 e. The van der Waals surface area contributed by atoms with E-state index >= 15 is 0 Å². The summed E-state index contributed by atoms with van der Waals surface area (Å²) in [5, 5.41) is 3.53. The molecule has 0 aliphatic carbocycles. The average molecular weight is 320 g/mol. The van der Waals surface area contributed by atoms with Crippen LogP contribution in [0.25, 0.3) is 0 Å². The van der Waals surface area contributed by atoms with E-state index in [0.717, 1.165) is 19.8 Å². The summed E-state index contributed by atoms with van der Waals surface area (Å²) in [7, 11) is 0. The lowest BCUT2D eigenvalue weighted by Gasteiger charge is -2.09. The maximum Gasteiger partial charge on any atom is 0.0466 e. The molecule has 0 atom stereocenters. The molecule has 0 heterocycles. The molecule has 2 nitrogen and oxygen atoms in total. The number of hydrogen-bond acceptors (Lipinski definition) is 2. The third kappa shape index (κ3) is 11.2. The van der Waals surface area contributed by atoms with Crippen molar-refractivity contribution >= 4 is 5.69 Å². The van der Waals surface area contributed by atoms with Gasteiger partial charge in [-0.15, -0.1) is 0 Å². The van der Waals surface area contributed by atoms with E-state index in [-0.39, 0.29) is 0 Å². The van der Waals surface area contributed by atoms with Crippen molar-refractivity contribution in [2.45, 2.75) is 78.1 Å². The molecule has 0 fully saturated rings. The first-order valence-electron chi connectivity index (χ1n) is 9.72. The Balaban J connectivity index is 1.79. The number of unbranched alkanes of at least 4 members (excludes halogenated alkanes) is 8. The zero-order valence-corrected chi connectivity index (χ0v) is 15.4. The van der Waals surface area contributed by atoms with Crippen LogP contribution < -0.4 is 5.32 Å². The molecular weight excluding hydrogens is 282 g/mol. The van der Waals surface area contributed by atoms with Crippen LogP contribution >= 0.6 is 0 Å².